The number of rotatable bonds is 2. The molecular formula is C5H12ClNO2. The first kappa shape index (κ1) is 11.4. The average Bonchev–Trinajstić information content (AvgIpc) is 1.67. The smallest absolute Gasteiger partial charge is 0.407 e. The summed E-state index contributed by atoms with van der Waals surface area (Å²) in [5.74, 6) is 0. The lowest BCUT2D eigenvalue weighted by molar-refractivity contribution is 0.156. The van der Waals surface area contributed by atoms with E-state index in [1.165, 1.54) is 4.90 Å². The van der Waals surface area contributed by atoms with E-state index in [1.54, 1.807) is 7.05 Å². The van der Waals surface area contributed by atoms with Crippen molar-refractivity contribution in [2.75, 3.05) is 13.6 Å². The number of nitrogens with zero attached hydrogens (tertiary/aromatic N) is 1. The summed E-state index contributed by atoms with van der Waals surface area (Å²) in [6.45, 7) is 2.56. The topological polar surface area (TPSA) is 40.5 Å². The molecule has 0 atom stereocenters. The van der Waals surface area contributed by atoms with Crippen LogP contribution in [-0.2, 0) is 0 Å². The van der Waals surface area contributed by atoms with Crippen molar-refractivity contribution in [3.8, 4) is 0 Å². The first-order valence-electron chi connectivity index (χ1n) is 2.62. The number of carbonyl (C=O) groups is 1. The average molecular weight is 154 g/mol. The largest absolute Gasteiger partial charge is 0.465 e. The van der Waals surface area contributed by atoms with Crippen molar-refractivity contribution in [3.63, 3.8) is 0 Å². The molecule has 3 nitrogen and oxygen atoms in total. The fourth-order valence-corrected chi connectivity index (χ4v) is 0.431. The van der Waals surface area contributed by atoms with E-state index in [0.29, 0.717) is 6.54 Å². The molecule has 0 radical (unpaired) electrons. The molecule has 0 aliphatic heterocycles. The summed E-state index contributed by atoms with van der Waals surface area (Å²) in [6, 6.07) is 0. The maximum Gasteiger partial charge on any atom is 0.407 e. The Bertz CT molecular complexity index is 87.0. The zero-order chi connectivity index (χ0) is 6.57. The van der Waals surface area contributed by atoms with E-state index in [0.717, 1.165) is 6.42 Å². The Morgan fingerprint density at radius 2 is 2.11 bits per heavy atom. The molecule has 0 bridgehead atoms. The first-order chi connectivity index (χ1) is 3.68. The Morgan fingerprint density at radius 3 is 2.22 bits per heavy atom. The minimum Gasteiger partial charge on any atom is -0.465 e. The van der Waals surface area contributed by atoms with E-state index in [4.69, 9.17) is 5.11 Å². The van der Waals surface area contributed by atoms with E-state index in [1.807, 2.05) is 6.92 Å². The highest BCUT2D eigenvalue weighted by Gasteiger charge is 2.00. The number of amides is 1. The van der Waals surface area contributed by atoms with Gasteiger partial charge in [0.25, 0.3) is 0 Å². The molecule has 0 fully saturated rings. The fourth-order valence-electron chi connectivity index (χ4n) is 0.431. The molecule has 0 spiro atoms. The van der Waals surface area contributed by atoms with Crippen LogP contribution in [0.2, 0.25) is 0 Å². The second-order valence-corrected chi connectivity index (χ2v) is 1.70. The monoisotopic (exact) mass is 153 g/mol. The summed E-state index contributed by atoms with van der Waals surface area (Å²) in [5.41, 5.74) is 0. The third-order valence-electron chi connectivity index (χ3n) is 0.886. The van der Waals surface area contributed by atoms with Crippen LogP contribution < -0.4 is 0 Å². The highest BCUT2D eigenvalue weighted by atomic mass is 35.5. The molecular weight excluding hydrogens is 142 g/mol. The molecule has 0 rings (SSSR count). The van der Waals surface area contributed by atoms with Gasteiger partial charge in [0.1, 0.15) is 0 Å². The van der Waals surface area contributed by atoms with Crippen LogP contribution in [0.15, 0.2) is 0 Å². The third kappa shape index (κ3) is 5.43. The second-order valence-electron chi connectivity index (χ2n) is 1.70. The van der Waals surface area contributed by atoms with Gasteiger partial charge in [-0.3, -0.25) is 0 Å². The summed E-state index contributed by atoms with van der Waals surface area (Å²) < 4.78 is 0. The van der Waals surface area contributed by atoms with E-state index in [9.17, 15) is 4.79 Å². The molecule has 1 N–H and O–H groups in total. The van der Waals surface area contributed by atoms with Gasteiger partial charge in [-0.1, -0.05) is 6.92 Å². The van der Waals surface area contributed by atoms with Crippen molar-refractivity contribution in [1.82, 2.24) is 4.90 Å². The quantitative estimate of drug-likeness (QED) is 0.652. The third-order valence-corrected chi connectivity index (χ3v) is 0.886. The maximum atomic E-state index is 10.0. The van der Waals surface area contributed by atoms with Gasteiger partial charge in [0.2, 0.25) is 0 Å². The van der Waals surface area contributed by atoms with Gasteiger partial charge in [-0.15, -0.1) is 12.4 Å². The van der Waals surface area contributed by atoms with Crippen LogP contribution in [0.4, 0.5) is 4.79 Å². The molecule has 9 heavy (non-hydrogen) atoms. The highest BCUT2D eigenvalue weighted by Crippen LogP contribution is 1.84. The van der Waals surface area contributed by atoms with Crippen molar-refractivity contribution in [3.05, 3.63) is 0 Å². The van der Waals surface area contributed by atoms with E-state index >= 15 is 0 Å². The van der Waals surface area contributed by atoms with Gasteiger partial charge in [-0.25, -0.2) is 4.79 Å². The second kappa shape index (κ2) is 5.69. The Labute approximate surface area is 61.1 Å². The lowest BCUT2D eigenvalue weighted by Gasteiger charge is -2.09. The molecule has 0 saturated heterocycles. The van der Waals surface area contributed by atoms with Gasteiger partial charge >= 0.3 is 6.09 Å². The molecule has 0 aromatic heterocycles. The Hall–Kier alpha value is -0.440. The molecule has 0 heterocycles. The maximum absolute atomic E-state index is 10.0. The fraction of sp³-hybridized carbons (Fsp3) is 0.800. The minimum absolute atomic E-state index is 0. The van der Waals surface area contributed by atoms with Gasteiger partial charge in [0, 0.05) is 13.6 Å². The molecule has 0 aliphatic rings. The minimum atomic E-state index is -0.855. The SMILES string of the molecule is CCCN(C)C(=O)O.Cl. The van der Waals surface area contributed by atoms with Crippen molar-refractivity contribution < 1.29 is 9.90 Å². The zero-order valence-corrected chi connectivity index (χ0v) is 6.44. The Morgan fingerprint density at radius 1 is 1.67 bits per heavy atom. The summed E-state index contributed by atoms with van der Waals surface area (Å²) in [7, 11) is 1.56. The summed E-state index contributed by atoms with van der Waals surface area (Å²) >= 11 is 0. The van der Waals surface area contributed by atoms with E-state index in [2.05, 4.69) is 0 Å². The van der Waals surface area contributed by atoms with Gasteiger partial charge in [0.05, 0.1) is 0 Å². The standard InChI is InChI=1S/C5H11NO2.ClH/c1-3-4-6(2)5(7)8;/h3-4H2,1-2H3,(H,7,8);1H. The van der Waals surface area contributed by atoms with Gasteiger partial charge in [-0.05, 0) is 6.42 Å². The molecule has 0 aromatic rings. The predicted molar refractivity (Wildman–Crippen MR) is 38.2 cm³/mol. The summed E-state index contributed by atoms with van der Waals surface area (Å²) in [5, 5.41) is 8.24. The molecule has 56 valence electrons. The predicted octanol–water partition coefficient (Wildman–Crippen LogP) is 1.43. The molecule has 0 unspecified atom stereocenters. The number of halogens is 1. The van der Waals surface area contributed by atoms with Crippen molar-refractivity contribution in [1.29, 1.82) is 0 Å². The highest BCUT2D eigenvalue weighted by molar-refractivity contribution is 5.85. The Kier molecular flexibility index (Phi) is 7.19. The van der Waals surface area contributed by atoms with Crippen molar-refractivity contribution in [2.24, 2.45) is 0 Å². The lowest BCUT2D eigenvalue weighted by atomic mass is 10.5. The van der Waals surface area contributed by atoms with Gasteiger partial charge in [-0.2, -0.15) is 0 Å². The van der Waals surface area contributed by atoms with Crippen LogP contribution in [0, 0.1) is 0 Å². The molecule has 1 amide bonds. The number of hydrogen-bond acceptors (Lipinski definition) is 1. The molecule has 4 heteroatoms. The van der Waals surface area contributed by atoms with E-state index < -0.39 is 6.09 Å². The lowest BCUT2D eigenvalue weighted by Crippen LogP contribution is -2.24. The molecule has 0 aliphatic carbocycles. The van der Waals surface area contributed by atoms with Crippen LogP contribution in [0.3, 0.4) is 0 Å². The van der Waals surface area contributed by atoms with Crippen molar-refractivity contribution >= 4 is 18.5 Å². The van der Waals surface area contributed by atoms with Crippen LogP contribution in [0.25, 0.3) is 0 Å². The van der Waals surface area contributed by atoms with Gasteiger partial charge < -0.3 is 10.0 Å². The molecule has 0 aromatic carbocycles. The summed E-state index contributed by atoms with van der Waals surface area (Å²) in [4.78, 5) is 11.3. The number of hydrogen-bond donors (Lipinski definition) is 1. The van der Waals surface area contributed by atoms with Crippen LogP contribution in [0.5, 0.6) is 0 Å². The number of carboxylic acid groups (broad SMARTS) is 1. The molecule has 0 saturated carbocycles. The zero-order valence-electron chi connectivity index (χ0n) is 5.63. The van der Waals surface area contributed by atoms with Crippen LogP contribution in [-0.4, -0.2) is 29.7 Å². The summed E-state index contributed by atoms with van der Waals surface area (Å²) in [6.07, 6.45) is 0.0230. The van der Waals surface area contributed by atoms with Crippen molar-refractivity contribution in [2.45, 2.75) is 13.3 Å². The normalized spacial score (nSPS) is 7.78. The Balaban J connectivity index is 0. The van der Waals surface area contributed by atoms with Crippen LogP contribution in [0.1, 0.15) is 13.3 Å². The van der Waals surface area contributed by atoms with E-state index in [-0.39, 0.29) is 12.4 Å². The van der Waals surface area contributed by atoms with Gasteiger partial charge in [0.15, 0.2) is 0 Å². The first-order valence-corrected chi connectivity index (χ1v) is 2.62. The van der Waals surface area contributed by atoms with Crippen LogP contribution >= 0.6 is 12.4 Å².